The first-order chi connectivity index (χ1) is 12.0. The van der Waals surface area contributed by atoms with Crippen molar-refractivity contribution in [1.29, 1.82) is 0 Å². The van der Waals surface area contributed by atoms with Crippen molar-refractivity contribution in [2.75, 3.05) is 13.2 Å². The van der Waals surface area contributed by atoms with Crippen LogP contribution in [0.4, 0.5) is 0 Å². The van der Waals surface area contributed by atoms with E-state index in [4.69, 9.17) is 20.1 Å². The molecule has 0 bridgehead atoms. The molecular formula is C20H42O5. The lowest BCUT2D eigenvalue weighted by molar-refractivity contribution is -0.152. The molecule has 0 rings (SSSR count). The lowest BCUT2D eigenvalue weighted by Crippen LogP contribution is -2.19. The van der Waals surface area contributed by atoms with Crippen LogP contribution in [0.2, 0.25) is 0 Å². The summed E-state index contributed by atoms with van der Waals surface area (Å²) in [6.45, 7) is 5.52. The van der Waals surface area contributed by atoms with E-state index >= 15 is 0 Å². The Labute approximate surface area is 154 Å². The van der Waals surface area contributed by atoms with Gasteiger partial charge in [0, 0.05) is 0 Å². The van der Waals surface area contributed by atoms with Crippen molar-refractivity contribution in [2.24, 2.45) is 0 Å². The summed E-state index contributed by atoms with van der Waals surface area (Å²) in [5.41, 5.74) is 0. The standard InChI is InChI=1S/C17H34O3.C3H8O2/c1-3-4-5-6-7-8-9-10-11-12-13-14-15-20-17(19)16(2)18;1-3(5)2-4/h16,18H,3-15H2,1-2H3;3-5H,2H2,1H3. The molecule has 0 aliphatic heterocycles. The van der Waals surface area contributed by atoms with Gasteiger partial charge in [-0.1, -0.05) is 77.6 Å². The molecule has 2 unspecified atom stereocenters. The smallest absolute Gasteiger partial charge is 0.334 e. The maximum atomic E-state index is 11.0. The topological polar surface area (TPSA) is 87.0 Å². The molecular weight excluding hydrogens is 320 g/mol. The van der Waals surface area contributed by atoms with Gasteiger partial charge in [-0.2, -0.15) is 0 Å². The third-order valence-corrected chi connectivity index (χ3v) is 3.85. The maximum Gasteiger partial charge on any atom is 0.334 e. The van der Waals surface area contributed by atoms with E-state index in [1.807, 2.05) is 0 Å². The number of esters is 1. The number of unbranched alkanes of at least 4 members (excludes halogenated alkanes) is 11. The molecule has 5 nitrogen and oxygen atoms in total. The van der Waals surface area contributed by atoms with Gasteiger partial charge in [0.25, 0.3) is 0 Å². The van der Waals surface area contributed by atoms with Crippen LogP contribution < -0.4 is 0 Å². The molecule has 0 fully saturated rings. The fourth-order valence-electron chi connectivity index (χ4n) is 2.24. The Morgan fingerprint density at radius 2 is 1.16 bits per heavy atom. The molecule has 5 heteroatoms. The van der Waals surface area contributed by atoms with Crippen molar-refractivity contribution >= 4 is 5.97 Å². The minimum Gasteiger partial charge on any atom is -0.464 e. The molecule has 25 heavy (non-hydrogen) atoms. The highest BCUT2D eigenvalue weighted by Crippen LogP contribution is 2.11. The average molecular weight is 363 g/mol. The second-order valence-electron chi connectivity index (χ2n) is 6.76. The first-order valence-corrected chi connectivity index (χ1v) is 10.1. The lowest BCUT2D eigenvalue weighted by Gasteiger charge is -2.06. The van der Waals surface area contributed by atoms with Gasteiger partial charge in [0.15, 0.2) is 0 Å². The molecule has 0 aliphatic carbocycles. The number of rotatable bonds is 15. The third kappa shape index (κ3) is 25.7. The minimum absolute atomic E-state index is 0.139. The molecule has 0 aromatic rings. The van der Waals surface area contributed by atoms with Gasteiger partial charge in [-0.3, -0.25) is 0 Å². The fourth-order valence-corrected chi connectivity index (χ4v) is 2.24. The second kappa shape index (κ2) is 21.4. The molecule has 0 aromatic carbocycles. The molecule has 152 valence electrons. The summed E-state index contributed by atoms with van der Waals surface area (Å²) in [6.07, 6.45) is 14.0. The largest absolute Gasteiger partial charge is 0.464 e. The highest BCUT2D eigenvalue weighted by atomic mass is 16.5. The van der Waals surface area contributed by atoms with E-state index in [1.165, 1.54) is 78.1 Å². The number of ether oxygens (including phenoxy) is 1. The number of carbonyl (C=O) groups excluding carboxylic acids is 1. The number of aliphatic hydroxyl groups is 3. The van der Waals surface area contributed by atoms with Crippen molar-refractivity contribution in [3.8, 4) is 0 Å². The lowest BCUT2D eigenvalue weighted by atomic mass is 10.1. The molecule has 0 aliphatic rings. The van der Waals surface area contributed by atoms with E-state index in [0.29, 0.717) is 6.61 Å². The van der Waals surface area contributed by atoms with Gasteiger partial charge in [-0.15, -0.1) is 0 Å². The van der Waals surface area contributed by atoms with Crippen LogP contribution in [0, 0.1) is 0 Å². The highest BCUT2D eigenvalue weighted by Gasteiger charge is 2.08. The summed E-state index contributed by atoms with van der Waals surface area (Å²) in [5.74, 6) is -0.506. The predicted octanol–water partition coefficient (Wildman–Crippen LogP) is 3.97. The van der Waals surface area contributed by atoms with Crippen molar-refractivity contribution in [3.63, 3.8) is 0 Å². The summed E-state index contributed by atoms with van der Waals surface area (Å²) in [6, 6.07) is 0. The van der Waals surface area contributed by atoms with Crippen LogP contribution >= 0.6 is 0 Å². The van der Waals surface area contributed by atoms with Gasteiger partial charge in [-0.25, -0.2) is 4.79 Å². The van der Waals surface area contributed by atoms with Crippen molar-refractivity contribution in [3.05, 3.63) is 0 Å². The highest BCUT2D eigenvalue weighted by molar-refractivity contribution is 5.73. The monoisotopic (exact) mass is 362 g/mol. The fraction of sp³-hybridized carbons (Fsp3) is 0.950. The first-order valence-electron chi connectivity index (χ1n) is 10.1. The summed E-state index contributed by atoms with van der Waals surface area (Å²) >= 11 is 0. The zero-order valence-electron chi connectivity index (χ0n) is 16.7. The molecule has 0 saturated carbocycles. The molecule has 0 heterocycles. The van der Waals surface area contributed by atoms with E-state index < -0.39 is 18.2 Å². The summed E-state index contributed by atoms with van der Waals surface area (Å²) < 4.78 is 4.91. The zero-order chi connectivity index (χ0) is 19.3. The van der Waals surface area contributed by atoms with Gasteiger partial charge >= 0.3 is 5.97 Å². The first kappa shape index (κ1) is 26.6. The van der Waals surface area contributed by atoms with Crippen LogP contribution in [-0.4, -0.2) is 46.7 Å². The summed E-state index contributed by atoms with van der Waals surface area (Å²) in [7, 11) is 0. The Kier molecular flexibility index (Phi) is 22.7. The van der Waals surface area contributed by atoms with Crippen molar-refractivity contribution in [2.45, 2.75) is 110 Å². The molecule has 3 N–H and O–H groups in total. The number of carbonyl (C=O) groups is 1. The Hall–Kier alpha value is -0.650. The van der Waals surface area contributed by atoms with Gasteiger partial charge in [-0.05, 0) is 20.3 Å². The molecule has 0 saturated heterocycles. The van der Waals surface area contributed by atoms with E-state index in [0.717, 1.165) is 12.8 Å². The summed E-state index contributed by atoms with van der Waals surface area (Å²) in [5, 5.41) is 24.9. The van der Waals surface area contributed by atoms with Crippen LogP contribution in [0.1, 0.15) is 97.8 Å². The quantitative estimate of drug-likeness (QED) is 0.303. The number of aliphatic hydroxyl groups excluding tert-OH is 3. The molecule has 0 spiro atoms. The van der Waals surface area contributed by atoms with Gasteiger partial charge in [0.05, 0.1) is 19.3 Å². The van der Waals surface area contributed by atoms with Crippen LogP contribution in [0.5, 0.6) is 0 Å². The Balaban J connectivity index is 0. The average Bonchev–Trinajstić information content (AvgIpc) is 2.59. The SMILES string of the molecule is CC(O)CO.CCCCCCCCCCCCCCOC(=O)C(C)O. The van der Waals surface area contributed by atoms with Crippen LogP contribution in [0.25, 0.3) is 0 Å². The van der Waals surface area contributed by atoms with Crippen LogP contribution in [-0.2, 0) is 9.53 Å². The van der Waals surface area contributed by atoms with Gasteiger partial charge in [0.1, 0.15) is 6.10 Å². The van der Waals surface area contributed by atoms with Crippen LogP contribution in [0.15, 0.2) is 0 Å². The minimum atomic E-state index is -0.993. The number of hydrogen-bond acceptors (Lipinski definition) is 5. The predicted molar refractivity (Wildman–Crippen MR) is 102 cm³/mol. The maximum absolute atomic E-state index is 11.0. The Morgan fingerprint density at radius 3 is 1.48 bits per heavy atom. The number of hydrogen-bond donors (Lipinski definition) is 3. The Bertz CT molecular complexity index is 267. The molecule has 2 atom stereocenters. The molecule has 0 aromatic heterocycles. The van der Waals surface area contributed by atoms with Gasteiger partial charge < -0.3 is 20.1 Å². The van der Waals surface area contributed by atoms with E-state index in [9.17, 15) is 4.79 Å². The third-order valence-electron chi connectivity index (χ3n) is 3.85. The normalized spacial score (nSPS) is 12.9. The van der Waals surface area contributed by atoms with E-state index in [2.05, 4.69) is 6.92 Å². The van der Waals surface area contributed by atoms with Crippen molar-refractivity contribution < 1.29 is 24.9 Å². The Morgan fingerprint density at radius 1 is 0.800 bits per heavy atom. The van der Waals surface area contributed by atoms with Gasteiger partial charge in [0.2, 0.25) is 0 Å². The molecule has 0 amide bonds. The van der Waals surface area contributed by atoms with E-state index in [1.54, 1.807) is 0 Å². The summed E-state index contributed by atoms with van der Waals surface area (Å²) in [4.78, 5) is 11.0. The van der Waals surface area contributed by atoms with Crippen LogP contribution in [0.3, 0.4) is 0 Å². The second-order valence-corrected chi connectivity index (χ2v) is 6.76. The molecule has 0 radical (unpaired) electrons. The van der Waals surface area contributed by atoms with Crippen molar-refractivity contribution in [1.82, 2.24) is 0 Å². The van der Waals surface area contributed by atoms with E-state index in [-0.39, 0.29) is 6.61 Å². The zero-order valence-corrected chi connectivity index (χ0v) is 16.7.